The highest BCUT2D eigenvalue weighted by Crippen LogP contribution is 2.34. The van der Waals surface area contributed by atoms with Crippen molar-refractivity contribution in [3.63, 3.8) is 0 Å². The normalized spacial score (nSPS) is 10.7. The van der Waals surface area contributed by atoms with E-state index in [1.165, 1.54) is 17.4 Å². The Bertz CT molecular complexity index is 786. The molecule has 0 spiro atoms. The molecule has 0 saturated heterocycles. The molecule has 3 rings (SSSR count). The summed E-state index contributed by atoms with van der Waals surface area (Å²) in [5.41, 5.74) is 1.51. The summed E-state index contributed by atoms with van der Waals surface area (Å²) in [6, 6.07) is 12.0. The van der Waals surface area contributed by atoms with Gasteiger partial charge in [-0.25, -0.2) is 4.98 Å². The highest BCUT2D eigenvalue weighted by atomic mass is 35.5. The van der Waals surface area contributed by atoms with Crippen molar-refractivity contribution in [1.29, 1.82) is 0 Å². The van der Waals surface area contributed by atoms with Gasteiger partial charge >= 0.3 is 0 Å². The number of fused-ring (bicyclic) bond motifs is 1. The van der Waals surface area contributed by atoms with Crippen molar-refractivity contribution in [2.24, 2.45) is 0 Å². The maximum absolute atomic E-state index is 11.0. The standard InChI is InChI=1S/C13H8ClN3O2S/c14-8-4-6-9(7-5-8)15-13-16-10-2-1-3-11(17(18)19)12(10)20-13/h1-7H,(H,15,16). The lowest BCUT2D eigenvalue weighted by Crippen LogP contribution is -1.87. The largest absolute Gasteiger partial charge is 0.332 e. The van der Waals surface area contributed by atoms with Gasteiger partial charge in [-0.15, -0.1) is 0 Å². The fourth-order valence-corrected chi connectivity index (χ4v) is 2.89. The van der Waals surface area contributed by atoms with Crippen LogP contribution in [0.15, 0.2) is 42.5 Å². The Morgan fingerprint density at radius 1 is 1.20 bits per heavy atom. The number of nitrogens with one attached hydrogen (secondary N) is 1. The molecule has 100 valence electrons. The van der Waals surface area contributed by atoms with Crippen LogP contribution in [0.2, 0.25) is 5.02 Å². The molecule has 0 aliphatic heterocycles. The fourth-order valence-electron chi connectivity index (χ4n) is 1.79. The first-order chi connectivity index (χ1) is 9.63. The number of thiazole rings is 1. The number of nitrogens with zero attached hydrogens (tertiary/aromatic N) is 2. The summed E-state index contributed by atoms with van der Waals surface area (Å²) in [4.78, 5) is 14.9. The van der Waals surface area contributed by atoms with Crippen molar-refractivity contribution in [2.75, 3.05) is 5.32 Å². The van der Waals surface area contributed by atoms with Crippen LogP contribution in [0.25, 0.3) is 10.2 Å². The molecule has 3 aromatic rings. The molecule has 0 saturated carbocycles. The highest BCUT2D eigenvalue weighted by Gasteiger charge is 2.15. The number of benzene rings is 2. The number of hydrogen-bond acceptors (Lipinski definition) is 5. The quantitative estimate of drug-likeness (QED) is 0.567. The second-order valence-electron chi connectivity index (χ2n) is 4.03. The summed E-state index contributed by atoms with van der Waals surface area (Å²) in [5.74, 6) is 0. The molecule has 0 aliphatic rings. The lowest BCUT2D eigenvalue weighted by Gasteiger charge is -2.01. The molecule has 1 aromatic heterocycles. The maximum Gasteiger partial charge on any atom is 0.288 e. The summed E-state index contributed by atoms with van der Waals surface area (Å²) in [6.45, 7) is 0. The Morgan fingerprint density at radius 3 is 2.65 bits per heavy atom. The van der Waals surface area contributed by atoms with Crippen LogP contribution in [-0.2, 0) is 0 Å². The van der Waals surface area contributed by atoms with E-state index < -0.39 is 4.92 Å². The first-order valence-electron chi connectivity index (χ1n) is 5.70. The Morgan fingerprint density at radius 2 is 1.95 bits per heavy atom. The van der Waals surface area contributed by atoms with Crippen LogP contribution in [0, 0.1) is 10.1 Å². The van der Waals surface area contributed by atoms with Gasteiger partial charge in [0, 0.05) is 16.8 Å². The van der Waals surface area contributed by atoms with Gasteiger partial charge < -0.3 is 5.32 Å². The number of rotatable bonds is 3. The van der Waals surface area contributed by atoms with Crippen LogP contribution >= 0.6 is 22.9 Å². The maximum atomic E-state index is 11.0. The minimum absolute atomic E-state index is 0.0733. The molecule has 0 atom stereocenters. The van der Waals surface area contributed by atoms with Crippen LogP contribution in [0.4, 0.5) is 16.5 Å². The summed E-state index contributed by atoms with van der Waals surface area (Å²) in [7, 11) is 0. The van der Waals surface area contributed by atoms with Gasteiger partial charge in [0.1, 0.15) is 4.70 Å². The minimum atomic E-state index is -0.396. The molecule has 0 unspecified atom stereocenters. The van der Waals surface area contributed by atoms with E-state index in [1.807, 2.05) is 12.1 Å². The van der Waals surface area contributed by atoms with Crippen molar-refractivity contribution in [3.8, 4) is 0 Å². The van der Waals surface area contributed by atoms with E-state index in [0.717, 1.165) is 5.69 Å². The molecule has 7 heteroatoms. The molecule has 0 amide bonds. The zero-order valence-electron chi connectivity index (χ0n) is 10.0. The number of anilines is 2. The van der Waals surface area contributed by atoms with E-state index in [-0.39, 0.29) is 5.69 Å². The lowest BCUT2D eigenvalue weighted by molar-refractivity contribution is -0.382. The third kappa shape index (κ3) is 2.43. The van der Waals surface area contributed by atoms with Crippen molar-refractivity contribution in [1.82, 2.24) is 4.98 Å². The molecule has 20 heavy (non-hydrogen) atoms. The van der Waals surface area contributed by atoms with Gasteiger partial charge in [0.15, 0.2) is 5.13 Å². The number of nitro benzene ring substituents is 1. The number of hydrogen-bond donors (Lipinski definition) is 1. The summed E-state index contributed by atoms with van der Waals surface area (Å²) in [5, 5.41) is 15.3. The average molecular weight is 306 g/mol. The molecule has 0 fully saturated rings. The first kappa shape index (κ1) is 12.8. The Balaban J connectivity index is 1.99. The van der Waals surface area contributed by atoms with E-state index in [4.69, 9.17) is 11.6 Å². The Kier molecular flexibility index (Phi) is 3.25. The number of halogens is 1. The summed E-state index contributed by atoms with van der Waals surface area (Å²) < 4.78 is 0.564. The zero-order chi connectivity index (χ0) is 14.1. The predicted molar refractivity (Wildman–Crippen MR) is 81.0 cm³/mol. The van der Waals surface area contributed by atoms with E-state index in [2.05, 4.69) is 10.3 Å². The fraction of sp³-hybridized carbons (Fsp3) is 0. The summed E-state index contributed by atoms with van der Waals surface area (Å²) >= 11 is 7.07. The first-order valence-corrected chi connectivity index (χ1v) is 6.89. The van der Waals surface area contributed by atoms with Gasteiger partial charge in [0.25, 0.3) is 5.69 Å². The Hall–Kier alpha value is -2.18. The molecule has 2 aromatic carbocycles. The van der Waals surface area contributed by atoms with Crippen LogP contribution < -0.4 is 5.32 Å². The van der Waals surface area contributed by atoms with Gasteiger partial charge in [-0.2, -0.15) is 0 Å². The molecule has 0 radical (unpaired) electrons. The van der Waals surface area contributed by atoms with E-state index in [9.17, 15) is 10.1 Å². The Labute approximate surface area is 123 Å². The molecule has 0 aliphatic carbocycles. The molecule has 5 nitrogen and oxygen atoms in total. The third-order valence-corrected chi connectivity index (χ3v) is 3.95. The van der Waals surface area contributed by atoms with Crippen molar-refractivity contribution < 1.29 is 4.92 Å². The van der Waals surface area contributed by atoms with Gasteiger partial charge in [-0.3, -0.25) is 10.1 Å². The van der Waals surface area contributed by atoms with Gasteiger partial charge in [-0.05, 0) is 30.3 Å². The molecule has 1 N–H and O–H groups in total. The highest BCUT2D eigenvalue weighted by molar-refractivity contribution is 7.22. The SMILES string of the molecule is O=[N+]([O-])c1cccc2nc(Nc3ccc(Cl)cc3)sc12. The van der Waals surface area contributed by atoms with E-state index in [1.54, 1.807) is 24.3 Å². The predicted octanol–water partition coefficient (Wildman–Crippen LogP) is 4.60. The van der Waals surface area contributed by atoms with E-state index >= 15 is 0 Å². The molecule has 0 bridgehead atoms. The van der Waals surface area contributed by atoms with Gasteiger partial charge in [-0.1, -0.05) is 29.0 Å². The van der Waals surface area contributed by atoms with Gasteiger partial charge in [0.2, 0.25) is 0 Å². The van der Waals surface area contributed by atoms with Crippen molar-refractivity contribution in [2.45, 2.75) is 0 Å². The third-order valence-electron chi connectivity index (χ3n) is 2.69. The van der Waals surface area contributed by atoms with Crippen molar-refractivity contribution in [3.05, 3.63) is 57.6 Å². The van der Waals surface area contributed by atoms with Gasteiger partial charge in [0.05, 0.1) is 10.4 Å². The topological polar surface area (TPSA) is 68.1 Å². The number of aromatic nitrogens is 1. The smallest absolute Gasteiger partial charge is 0.288 e. The zero-order valence-corrected chi connectivity index (χ0v) is 11.6. The monoisotopic (exact) mass is 305 g/mol. The second-order valence-corrected chi connectivity index (χ2v) is 5.47. The van der Waals surface area contributed by atoms with Crippen LogP contribution in [0.3, 0.4) is 0 Å². The van der Waals surface area contributed by atoms with E-state index in [0.29, 0.717) is 20.4 Å². The molecular weight excluding hydrogens is 298 g/mol. The lowest BCUT2D eigenvalue weighted by atomic mass is 10.3. The second kappa shape index (κ2) is 5.07. The number of nitro groups is 1. The van der Waals surface area contributed by atoms with Crippen LogP contribution in [0.1, 0.15) is 0 Å². The molecular formula is C13H8ClN3O2S. The van der Waals surface area contributed by atoms with Crippen LogP contribution in [0.5, 0.6) is 0 Å². The molecule has 1 heterocycles. The average Bonchev–Trinajstić information content (AvgIpc) is 2.83. The minimum Gasteiger partial charge on any atom is -0.332 e. The number of non-ortho nitro benzene ring substituents is 1. The van der Waals surface area contributed by atoms with Crippen molar-refractivity contribution >= 4 is 49.7 Å². The summed E-state index contributed by atoms with van der Waals surface area (Å²) in [6.07, 6.45) is 0. The van der Waals surface area contributed by atoms with Crippen LogP contribution in [-0.4, -0.2) is 9.91 Å².